The second-order valence-electron chi connectivity index (χ2n) is 9.29. The van der Waals surface area contributed by atoms with Crippen LogP contribution in [0.25, 0.3) is 16.7 Å². The number of Topliss-reactive ketones (excluding diaryl/α,β-unsaturated/α-hetero) is 1. The van der Waals surface area contributed by atoms with Gasteiger partial charge < -0.3 is 5.32 Å². The Labute approximate surface area is 208 Å². The van der Waals surface area contributed by atoms with Crippen molar-refractivity contribution in [1.29, 1.82) is 0 Å². The number of benzene rings is 2. The summed E-state index contributed by atoms with van der Waals surface area (Å²) in [6.07, 6.45) is 1.42. The Morgan fingerprint density at radius 2 is 1.81 bits per heavy atom. The molecule has 4 aromatic rings. The Kier molecular flexibility index (Phi) is 6.92. The highest BCUT2D eigenvalue weighted by molar-refractivity contribution is 5.98. The van der Waals surface area contributed by atoms with Gasteiger partial charge in [-0.2, -0.15) is 0 Å². The summed E-state index contributed by atoms with van der Waals surface area (Å²) in [4.78, 5) is 52.6. The van der Waals surface area contributed by atoms with E-state index in [1.165, 1.54) is 15.0 Å². The van der Waals surface area contributed by atoms with Crippen molar-refractivity contribution in [3.63, 3.8) is 0 Å². The SMILES string of the molecule is CCCn1c(=O)c2ccc(C(=O)NC(C)CC)cc2n2c(=O)n(CC(=O)c3ccc(C)cc3C)nc12. The molecule has 0 aliphatic carbocycles. The smallest absolute Gasteiger partial charge is 0.350 e. The van der Waals surface area contributed by atoms with Crippen LogP contribution < -0.4 is 16.6 Å². The second-order valence-corrected chi connectivity index (χ2v) is 9.29. The number of carbonyl (C=O) groups excluding carboxylic acids is 2. The lowest BCUT2D eigenvalue weighted by Gasteiger charge is -2.13. The number of nitrogens with one attached hydrogen (secondary N) is 1. The van der Waals surface area contributed by atoms with Crippen LogP contribution in [0.4, 0.5) is 0 Å². The number of rotatable bonds is 8. The first-order chi connectivity index (χ1) is 17.2. The molecule has 0 bridgehead atoms. The highest BCUT2D eigenvalue weighted by Crippen LogP contribution is 2.16. The van der Waals surface area contributed by atoms with E-state index in [0.29, 0.717) is 29.5 Å². The van der Waals surface area contributed by atoms with Gasteiger partial charge in [-0.3, -0.25) is 19.0 Å². The fourth-order valence-electron chi connectivity index (χ4n) is 4.34. The number of hydrogen-bond donors (Lipinski definition) is 1. The summed E-state index contributed by atoms with van der Waals surface area (Å²) in [5, 5.41) is 7.61. The molecule has 1 N–H and O–H groups in total. The zero-order chi connectivity index (χ0) is 26.1. The fraction of sp³-hybridized carbons (Fsp3) is 0.370. The topological polar surface area (TPSA) is 107 Å². The number of carbonyl (C=O) groups is 2. The second kappa shape index (κ2) is 9.93. The van der Waals surface area contributed by atoms with E-state index < -0.39 is 5.69 Å². The minimum Gasteiger partial charge on any atom is -0.350 e. The first-order valence-corrected chi connectivity index (χ1v) is 12.2. The first kappa shape index (κ1) is 25.1. The Hall–Kier alpha value is -4.01. The van der Waals surface area contributed by atoms with Gasteiger partial charge >= 0.3 is 5.69 Å². The molecular weight excluding hydrogens is 458 g/mol. The van der Waals surface area contributed by atoms with Crippen molar-refractivity contribution in [1.82, 2.24) is 24.1 Å². The molecule has 0 radical (unpaired) electrons. The van der Waals surface area contributed by atoms with E-state index in [0.717, 1.165) is 22.2 Å². The van der Waals surface area contributed by atoms with Crippen LogP contribution in [-0.4, -0.2) is 36.5 Å². The molecule has 36 heavy (non-hydrogen) atoms. The number of hydrogen-bond acceptors (Lipinski definition) is 5. The summed E-state index contributed by atoms with van der Waals surface area (Å²) in [5.41, 5.74) is 2.16. The lowest BCUT2D eigenvalue weighted by molar-refractivity contribution is 0.0937. The molecule has 4 rings (SSSR count). The Balaban J connectivity index is 1.89. The van der Waals surface area contributed by atoms with Gasteiger partial charge in [0.25, 0.3) is 11.5 Å². The van der Waals surface area contributed by atoms with Crippen molar-refractivity contribution >= 4 is 28.4 Å². The largest absolute Gasteiger partial charge is 0.352 e. The maximum atomic E-state index is 13.5. The van der Waals surface area contributed by atoms with E-state index in [1.807, 2.05) is 46.8 Å². The lowest BCUT2D eigenvalue weighted by Crippen LogP contribution is -2.32. The van der Waals surface area contributed by atoms with Gasteiger partial charge in [0.05, 0.1) is 10.9 Å². The van der Waals surface area contributed by atoms with Crippen molar-refractivity contribution in [3.05, 3.63) is 79.5 Å². The fourth-order valence-corrected chi connectivity index (χ4v) is 4.34. The predicted octanol–water partition coefficient (Wildman–Crippen LogP) is 3.25. The van der Waals surface area contributed by atoms with Crippen LogP contribution in [0.1, 0.15) is 65.5 Å². The highest BCUT2D eigenvalue weighted by Gasteiger charge is 2.21. The van der Waals surface area contributed by atoms with Crippen LogP contribution in [0.15, 0.2) is 46.0 Å². The van der Waals surface area contributed by atoms with Crippen molar-refractivity contribution in [2.45, 2.75) is 66.6 Å². The molecular formula is C27H31N5O4. The zero-order valence-corrected chi connectivity index (χ0v) is 21.3. The van der Waals surface area contributed by atoms with Crippen LogP contribution in [-0.2, 0) is 13.1 Å². The van der Waals surface area contributed by atoms with E-state index >= 15 is 0 Å². The van der Waals surface area contributed by atoms with Gasteiger partial charge in [0.15, 0.2) is 5.78 Å². The highest BCUT2D eigenvalue weighted by atomic mass is 16.2. The van der Waals surface area contributed by atoms with Crippen molar-refractivity contribution < 1.29 is 9.59 Å². The molecule has 0 saturated heterocycles. The molecule has 9 nitrogen and oxygen atoms in total. The van der Waals surface area contributed by atoms with Gasteiger partial charge in [0.1, 0.15) is 6.54 Å². The summed E-state index contributed by atoms with van der Waals surface area (Å²) in [7, 11) is 0. The molecule has 9 heteroatoms. The summed E-state index contributed by atoms with van der Waals surface area (Å²) < 4.78 is 3.86. The van der Waals surface area contributed by atoms with Gasteiger partial charge in [-0.1, -0.05) is 37.6 Å². The van der Waals surface area contributed by atoms with Crippen LogP contribution >= 0.6 is 0 Å². The van der Waals surface area contributed by atoms with Crippen LogP contribution in [0, 0.1) is 13.8 Å². The summed E-state index contributed by atoms with van der Waals surface area (Å²) in [6, 6.07) is 10.2. The number of ketones is 1. The molecule has 1 atom stereocenters. The van der Waals surface area contributed by atoms with Gasteiger partial charge in [-0.15, -0.1) is 5.10 Å². The summed E-state index contributed by atoms with van der Waals surface area (Å²) >= 11 is 0. The maximum absolute atomic E-state index is 13.5. The van der Waals surface area contributed by atoms with Crippen LogP contribution in [0.5, 0.6) is 0 Å². The van der Waals surface area contributed by atoms with Crippen molar-refractivity contribution in [3.8, 4) is 0 Å². The summed E-state index contributed by atoms with van der Waals surface area (Å²) in [5.74, 6) is -0.393. The average Bonchev–Trinajstić information content (AvgIpc) is 3.16. The van der Waals surface area contributed by atoms with E-state index in [4.69, 9.17) is 0 Å². The van der Waals surface area contributed by atoms with Crippen LogP contribution in [0.2, 0.25) is 0 Å². The van der Waals surface area contributed by atoms with Gasteiger partial charge in [-0.05, 0) is 57.4 Å². The minimum absolute atomic E-state index is 0.0208. The monoisotopic (exact) mass is 489 g/mol. The van der Waals surface area contributed by atoms with Gasteiger partial charge in [0.2, 0.25) is 5.78 Å². The number of aryl methyl sites for hydroxylation is 3. The molecule has 2 aromatic heterocycles. The Morgan fingerprint density at radius 3 is 2.47 bits per heavy atom. The van der Waals surface area contributed by atoms with E-state index in [2.05, 4.69) is 10.4 Å². The lowest BCUT2D eigenvalue weighted by atomic mass is 10.0. The molecule has 0 fully saturated rings. The van der Waals surface area contributed by atoms with E-state index in [1.54, 1.807) is 18.2 Å². The van der Waals surface area contributed by atoms with Gasteiger partial charge in [-0.25, -0.2) is 13.9 Å². The van der Waals surface area contributed by atoms with E-state index in [9.17, 15) is 19.2 Å². The number of amides is 1. The van der Waals surface area contributed by atoms with Crippen LogP contribution in [0.3, 0.4) is 0 Å². The molecule has 0 aliphatic rings. The quantitative estimate of drug-likeness (QED) is 0.382. The molecule has 2 heterocycles. The third-order valence-corrected chi connectivity index (χ3v) is 6.45. The Bertz CT molecular complexity index is 1610. The third kappa shape index (κ3) is 4.48. The molecule has 0 saturated carbocycles. The molecule has 1 amide bonds. The maximum Gasteiger partial charge on any atom is 0.352 e. The normalized spacial score (nSPS) is 12.2. The Morgan fingerprint density at radius 1 is 1.06 bits per heavy atom. The molecule has 0 spiro atoms. The van der Waals surface area contributed by atoms with E-state index in [-0.39, 0.29) is 41.1 Å². The van der Waals surface area contributed by atoms with Crippen molar-refractivity contribution in [2.24, 2.45) is 0 Å². The third-order valence-electron chi connectivity index (χ3n) is 6.45. The molecule has 0 aliphatic heterocycles. The van der Waals surface area contributed by atoms with Crippen molar-refractivity contribution in [2.75, 3.05) is 0 Å². The summed E-state index contributed by atoms with van der Waals surface area (Å²) in [6.45, 7) is 9.69. The minimum atomic E-state index is -0.544. The molecule has 2 aromatic carbocycles. The number of aromatic nitrogens is 4. The predicted molar refractivity (Wildman–Crippen MR) is 139 cm³/mol. The number of fused-ring (bicyclic) bond motifs is 3. The number of nitrogens with zero attached hydrogens (tertiary/aromatic N) is 4. The zero-order valence-electron chi connectivity index (χ0n) is 21.3. The van der Waals surface area contributed by atoms with Gasteiger partial charge in [0, 0.05) is 23.7 Å². The first-order valence-electron chi connectivity index (χ1n) is 12.2. The molecule has 188 valence electrons. The molecule has 1 unspecified atom stereocenters. The standard InChI is InChI=1S/C27H31N5O4/c1-6-12-30-25(35)21-11-9-19(24(34)28-18(5)7-2)14-22(21)32-26(30)29-31(27(32)36)15-23(33)20-10-8-16(3)13-17(20)4/h8-11,13-14,18H,6-7,12,15H2,1-5H3,(H,28,34). The average molecular weight is 490 g/mol.